The van der Waals surface area contributed by atoms with Gasteiger partial charge < -0.3 is 5.32 Å². The number of hydrogen-bond acceptors (Lipinski definition) is 8. The topological polar surface area (TPSA) is 158 Å². The first-order chi connectivity index (χ1) is 30.9. The van der Waals surface area contributed by atoms with E-state index in [1.807, 2.05) is 0 Å². The lowest BCUT2D eigenvalue weighted by molar-refractivity contribution is -0.123. The third-order valence-electron chi connectivity index (χ3n) is 12.3. The lowest BCUT2D eigenvalue weighted by Crippen LogP contribution is -2.35. The second-order valence-electron chi connectivity index (χ2n) is 17.5. The number of alkyl halides is 6. The van der Waals surface area contributed by atoms with E-state index in [-0.39, 0.29) is 44.8 Å². The number of hydrogen-bond donors (Lipinski definition) is 2. The van der Waals surface area contributed by atoms with E-state index in [1.54, 1.807) is 0 Å². The van der Waals surface area contributed by atoms with E-state index >= 15 is 8.78 Å². The minimum atomic E-state index is -3.97. The molecule has 2 N–H and O–H groups in total. The Bertz CT molecular complexity index is 3030. The number of para-hydroxylation sites is 1. The van der Waals surface area contributed by atoms with Gasteiger partial charge >= 0.3 is 0 Å². The van der Waals surface area contributed by atoms with Crippen molar-refractivity contribution in [2.45, 2.75) is 119 Å². The van der Waals surface area contributed by atoms with Gasteiger partial charge in [0.25, 0.3) is 18.8 Å². The SMILES string of the molecule is C[C@@H]1c2c(C(F)F)nn(CC(=O)N[C@@H](Cc3cc(F)cc(F)c3)c3nc(C#CC(C)(C)S(=O)(=O)C4CC4)ccc3-c3cccc4c(NS(=O)(=O)C5CC5)nn(CC(F)F)c34)c2C(F)(F)[C@@H]1C. The van der Waals surface area contributed by atoms with Crippen LogP contribution in [-0.4, -0.2) is 69.0 Å². The van der Waals surface area contributed by atoms with Crippen LogP contribution in [0.2, 0.25) is 0 Å². The number of nitrogens with one attached hydrogen (secondary N) is 2. The number of nitrogens with zero attached hydrogens (tertiary/aromatic N) is 5. The van der Waals surface area contributed by atoms with Gasteiger partial charge in [0.2, 0.25) is 15.9 Å². The summed E-state index contributed by atoms with van der Waals surface area (Å²) in [6.45, 7) is 3.31. The Kier molecular flexibility index (Phi) is 12.1. The highest BCUT2D eigenvalue weighted by Crippen LogP contribution is 2.54. The van der Waals surface area contributed by atoms with Crippen LogP contribution in [0, 0.1) is 29.4 Å². The van der Waals surface area contributed by atoms with Crippen LogP contribution in [0.5, 0.6) is 0 Å². The second-order valence-corrected chi connectivity index (χ2v) is 22.3. The number of sulfone groups is 1. The number of carbonyl (C=O) groups is 1. The first-order valence-corrected chi connectivity index (χ1v) is 24.1. The van der Waals surface area contributed by atoms with Crippen molar-refractivity contribution in [3.63, 3.8) is 0 Å². The zero-order valence-corrected chi connectivity index (χ0v) is 37.4. The molecule has 5 aromatic rings. The molecule has 1 amide bonds. The number of pyridine rings is 1. The molecule has 0 unspecified atom stereocenters. The van der Waals surface area contributed by atoms with Gasteiger partial charge in [-0.1, -0.05) is 31.9 Å². The van der Waals surface area contributed by atoms with Crippen LogP contribution >= 0.6 is 0 Å². The molecule has 3 atom stereocenters. The number of halogens is 8. The van der Waals surface area contributed by atoms with E-state index in [4.69, 9.17) is 4.98 Å². The minimum Gasteiger partial charge on any atom is -0.346 e. The van der Waals surface area contributed by atoms with Gasteiger partial charge in [0.15, 0.2) is 15.7 Å². The number of amides is 1. The van der Waals surface area contributed by atoms with Crippen LogP contribution in [0.15, 0.2) is 48.5 Å². The fourth-order valence-electron chi connectivity index (χ4n) is 8.41. The Hall–Kier alpha value is -5.56. The van der Waals surface area contributed by atoms with Crippen LogP contribution in [0.25, 0.3) is 22.0 Å². The van der Waals surface area contributed by atoms with E-state index in [9.17, 15) is 48.0 Å². The zero-order valence-electron chi connectivity index (χ0n) is 35.7. The van der Waals surface area contributed by atoms with E-state index in [2.05, 4.69) is 32.1 Å². The summed E-state index contributed by atoms with van der Waals surface area (Å²) in [4.78, 5) is 18.9. The Morgan fingerprint density at radius 1 is 0.894 bits per heavy atom. The molecule has 0 aliphatic heterocycles. The van der Waals surface area contributed by atoms with Crippen molar-refractivity contribution in [2.75, 3.05) is 4.72 Å². The number of benzene rings is 2. The van der Waals surface area contributed by atoms with Gasteiger partial charge in [-0.15, -0.1) is 0 Å². The molecule has 0 saturated heterocycles. The van der Waals surface area contributed by atoms with Crippen molar-refractivity contribution in [3.05, 3.63) is 94.1 Å². The fourth-order valence-corrected chi connectivity index (χ4v) is 11.5. The lowest BCUT2D eigenvalue weighted by Gasteiger charge is -2.23. The van der Waals surface area contributed by atoms with Crippen LogP contribution in [0.1, 0.15) is 106 Å². The van der Waals surface area contributed by atoms with E-state index in [0.29, 0.717) is 36.4 Å². The first kappa shape index (κ1) is 47.0. The van der Waals surface area contributed by atoms with Crippen LogP contribution < -0.4 is 10.0 Å². The molecule has 12 nitrogen and oxygen atoms in total. The van der Waals surface area contributed by atoms with Gasteiger partial charge in [-0.2, -0.15) is 19.0 Å². The number of rotatable bonds is 15. The third-order valence-corrected chi connectivity index (χ3v) is 17.0. The van der Waals surface area contributed by atoms with Gasteiger partial charge in [-0.3, -0.25) is 18.9 Å². The van der Waals surface area contributed by atoms with E-state index in [0.717, 1.165) is 16.8 Å². The van der Waals surface area contributed by atoms with Crippen molar-refractivity contribution < 1.29 is 56.8 Å². The molecule has 352 valence electrons. The van der Waals surface area contributed by atoms with Crippen LogP contribution in [0.4, 0.5) is 40.9 Å². The average molecular weight is 966 g/mol. The summed E-state index contributed by atoms with van der Waals surface area (Å²) < 4.78 is 173. The number of anilines is 1. The van der Waals surface area contributed by atoms with Gasteiger partial charge in [-0.05, 0) is 93.7 Å². The summed E-state index contributed by atoms with van der Waals surface area (Å²) in [5, 5.41) is 9.37. The standard InChI is InChI=1S/C44H43F8N7O5S2/c1-22-23(2)44(51,52)40-36(22)38(41(49)50)55-59(40)21-35(60)54-33(18-24-16-25(45)19-26(46)17-24)37-30(13-8-27(53-37)14-15-43(3,4)65(61,62)28-9-10-28)31-6-5-7-32-39(31)58(20-34(47)48)56-42(32)57-66(63,64)29-11-12-29/h5-8,13,16-17,19,22-23,28-29,33-34,41H,9-12,18,20-21H2,1-4H3,(H,54,60)(H,56,57)/t22-,23+,33-/m0/s1. The van der Waals surface area contributed by atoms with Crippen LogP contribution in [0.3, 0.4) is 0 Å². The molecule has 3 aliphatic rings. The highest BCUT2D eigenvalue weighted by atomic mass is 32.2. The highest BCUT2D eigenvalue weighted by Gasteiger charge is 2.55. The molecule has 22 heteroatoms. The maximum Gasteiger partial charge on any atom is 0.292 e. The fraction of sp³-hybridized carbons (Fsp3) is 0.455. The van der Waals surface area contributed by atoms with Gasteiger partial charge in [0.05, 0.1) is 27.8 Å². The summed E-state index contributed by atoms with van der Waals surface area (Å²) in [6.07, 6.45) is -5.07. The van der Waals surface area contributed by atoms with Crippen molar-refractivity contribution >= 4 is 42.5 Å². The van der Waals surface area contributed by atoms with Crippen LogP contribution in [-0.2, 0) is 50.1 Å². The molecule has 2 saturated carbocycles. The number of carbonyl (C=O) groups excluding carboxylic acids is 1. The predicted molar refractivity (Wildman–Crippen MR) is 227 cm³/mol. The molecule has 0 bridgehead atoms. The largest absolute Gasteiger partial charge is 0.346 e. The van der Waals surface area contributed by atoms with E-state index < -0.39 is 126 Å². The summed E-state index contributed by atoms with van der Waals surface area (Å²) in [5.41, 5.74) is -2.37. The van der Waals surface area contributed by atoms with Crippen molar-refractivity contribution in [3.8, 4) is 23.0 Å². The maximum atomic E-state index is 15.7. The molecular formula is C44H43F8N7O5S2. The van der Waals surface area contributed by atoms with Crippen molar-refractivity contribution in [2.24, 2.45) is 5.92 Å². The molecule has 3 aliphatic carbocycles. The monoisotopic (exact) mass is 965 g/mol. The Balaban J connectivity index is 1.31. The molecule has 8 rings (SSSR count). The second kappa shape index (κ2) is 16.9. The zero-order chi connectivity index (χ0) is 47.8. The van der Waals surface area contributed by atoms with Gasteiger partial charge in [0, 0.05) is 34.1 Å². The molecule has 0 radical (unpaired) electrons. The Morgan fingerprint density at radius 3 is 2.18 bits per heavy atom. The molecule has 2 fully saturated rings. The lowest BCUT2D eigenvalue weighted by atomic mass is 9.93. The summed E-state index contributed by atoms with van der Waals surface area (Å²) in [5.74, 6) is -4.02. The molecule has 66 heavy (non-hydrogen) atoms. The molecular weight excluding hydrogens is 923 g/mol. The first-order valence-electron chi connectivity index (χ1n) is 21.0. The molecule has 0 spiro atoms. The quantitative estimate of drug-likeness (QED) is 0.0784. The number of fused-ring (bicyclic) bond motifs is 2. The van der Waals surface area contributed by atoms with Gasteiger partial charge in [0.1, 0.15) is 46.6 Å². The smallest absolute Gasteiger partial charge is 0.292 e. The molecule has 2 aromatic carbocycles. The summed E-state index contributed by atoms with van der Waals surface area (Å²) in [7, 11) is -7.71. The minimum absolute atomic E-state index is 0.0242. The molecule has 3 heterocycles. The normalized spacial score (nSPS) is 18.9. The number of aromatic nitrogens is 5. The predicted octanol–water partition coefficient (Wildman–Crippen LogP) is 8.33. The van der Waals surface area contributed by atoms with Gasteiger partial charge in [-0.25, -0.2) is 48.2 Å². The number of sulfonamides is 1. The average Bonchev–Trinajstić information content (AvgIpc) is 4.17. The highest BCUT2D eigenvalue weighted by molar-refractivity contribution is 7.94. The summed E-state index contributed by atoms with van der Waals surface area (Å²) in [6, 6.07) is 8.15. The third kappa shape index (κ3) is 8.87. The molecule has 3 aromatic heterocycles. The van der Waals surface area contributed by atoms with Crippen molar-refractivity contribution in [1.82, 2.24) is 29.9 Å². The van der Waals surface area contributed by atoms with E-state index in [1.165, 1.54) is 58.0 Å². The summed E-state index contributed by atoms with van der Waals surface area (Å²) >= 11 is 0. The Morgan fingerprint density at radius 2 is 1.56 bits per heavy atom. The Labute approximate surface area is 374 Å². The van der Waals surface area contributed by atoms with Crippen molar-refractivity contribution in [1.29, 1.82) is 0 Å². The maximum absolute atomic E-state index is 15.7.